The standard InChI is InChI=1S/C18H13IO4.C2H6/c19-23-18(22)10-2-4-12-13-5-6-14(16(12)8-10)11-3-1-9(17(20)21)7-15(11)13;1-2/h1-4,7-8,13-14H,5-6H2,(H,20,21);1-2H3. The SMILES string of the molecule is CC.O=C(O)c1ccc2c(c1)C1CCC2c2cc(C(=O)OI)ccc21. The number of carboxylic acids is 1. The number of carbonyl (C=O) groups excluding carboxylic acids is 1. The van der Waals surface area contributed by atoms with Gasteiger partial charge in [-0.25, -0.2) is 9.59 Å². The van der Waals surface area contributed by atoms with Crippen molar-refractivity contribution in [3.8, 4) is 0 Å². The lowest BCUT2D eigenvalue weighted by molar-refractivity contribution is 0.0695. The van der Waals surface area contributed by atoms with E-state index in [2.05, 4.69) is 0 Å². The van der Waals surface area contributed by atoms with Crippen molar-refractivity contribution in [3.05, 3.63) is 69.8 Å². The van der Waals surface area contributed by atoms with E-state index in [1.165, 1.54) is 16.7 Å². The predicted molar refractivity (Wildman–Crippen MR) is 104 cm³/mol. The van der Waals surface area contributed by atoms with Gasteiger partial charge in [0, 0.05) is 11.8 Å². The first-order valence-electron chi connectivity index (χ1n) is 8.44. The van der Waals surface area contributed by atoms with Crippen LogP contribution in [0.15, 0.2) is 36.4 Å². The van der Waals surface area contributed by atoms with E-state index in [0.717, 1.165) is 18.4 Å². The summed E-state index contributed by atoms with van der Waals surface area (Å²) >= 11 is 1.60. The fourth-order valence-electron chi connectivity index (χ4n) is 3.98. The molecule has 2 unspecified atom stereocenters. The highest BCUT2D eigenvalue weighted by molar-refractivity contribution is 14.1. The molecule has 0 fully saturated rings. The average Bonchev–Trinajstić information content (AvgIpc) is 2.68. The maximum Gasteiger partial charge on any atom is 0.347 e. The molecule has 0 saturated heterocycles. The maximum atomic E-state index is 11.8. The molecule has 0 aromatic heterocycles. The third-order valence-corrected chi connectivity index (χ3v) is 5.37. The van der Waals surface area contributed by atoms with Crippen LogP contribution in [-0.2, 0) is 3.07 Å². The number of carboxylic acid groups (broad SMARTS) is 1. The Morgan fingerprint density at radius 1 is 0.920 bits per heavy atom. The quantitative estimate of drug-likeness (QED) is 0.632. The lowest BCUT2D eigenvalue weighted by atomic mass is 9.63. The molecule has 0 saturated carbocycles. The van der Waals surface area contributed by atoms with Crippen molar-refractivity contribution in [2.24, 2.45) is 0 Å². The van der Waals surface area contributed by atoms with E-state index >= 15 is 0 Å². The van der Waals surface area contributed by atoms with Gasteiger partial charge < -0.3 is 8.17 Å². The normalized spacial score (nSPS) is 19.2. The molecule has 2 aromatic carbocycles. The fraction of sp³-hybridized carbons (Fsp3) is 0.300. The minimum Gasteiger partial charge on any atom is -0.478 e. The number of halogens is 1. The zero-order valence-corrected chi connectivity index (χ0v) is 16.2. The Bertz CT molecular complexity index is 844. The molecule has 0 spiro atoms. The maximum absolute atomic E-state index is 11.8. The number of rotatable bonds is 2. The molecule has 5 heteroatoms. The number of hydrogen-bond acceptors (Lipinski definition) is 3. The molecule has 0 heterocycles. The third kappa shape index (κ3) is 2.94. The molecule has 1 N–H and O–H groups in total. The van der Waals surface area contributed by atoms with Gasteiger partial charge in [0.2, 0.25) is 0 Å². The van der Waals surface area contributed by atoms with Crippen molar-refractivity contribution >= 4 is 34.9 Å². The molecule has 3 aliphatic rings. The van der Waals surface area contributed by atoms with Crippen LogP contribution in [0.2, 0.25) is 0 Å². The van der Waals surface area contributed by atoms with Crippen LogP contribution in [0.3, 0.4) is 0 Å². The summed E-state index contributed by atoms with van der Waals surface area (Å²) in [5, 5.41) is 9.22. The molecule has 130 valence electrons. The second kappa shape index (κ2) is 7.15. The van der Waals surface area contributed by atoms with Crippen molar-refractivity contribution in [2.45, 2.75) is 38.5 Å². The van der Waals surface area contributed by atoms with Crippen molar-refractivity contribution < 1.29 is 17.8 Å². The second-order valence-corrected chi connectivity index (χ2v) is 6.48. The molecule has 3 aliphatic carbocycles. The van der Waals surface area contributed by atoms with E-state index in [0.29, 0.717) is 11.1 Å². The zero-order chi connectivity index (χ0) is 18.1. The summed E-state index contributed by atoms with van der Waals surface area (Å²) < 4.78 is 4.78. The van der Waals surface area contributed by atoms with E-state index in [-0.39, 0.29) is 17.8 Å². The lowest BCUT2D eigenvalue weighted by Gasteiger charge is -2.40. The van der Waals surface area contributed by atoms with Gasteiger partial charge in [0.15, 0.2) is 23.0 Å². The molecular weight excluding hydrogens is 431 g/mol. The number of benzene rings is 2. The van der Waals surface area contributed by atoms with Crippen molar-refractivity contribution in [3.63, 3.8) is 0 Å². The van der Waals surface area contributed by atoms with Crippen LogP contribution in [0.4, 0.5) is 0 Å². The minimum absolute atomic E-state index is 0.217. The summed E-state index contributed by atoms with van der Waals surface area (Å²) in [4.78, 5) is 23.0. The Labute approximate surface area is 160 Å². The van der Waals surface area contributed by atoms with Crippen LogP contribution >= 0.6 is 23.0 Å². The molecule has 0 radical (unpaired) electrons. The first kappa shape index (κ1) is 17.9. The number of hydrogen-bond donors (Lipinski definition) is 1. The van der Waals surface area contributed by atoms with Gasteiger partial charge in [-0.2, -0.15) is 0 Å². The minimum atomic E-state index is -0.894. The molecule has 2 aromatic rings. The van der Waals surface area contributed by atoms with E-state index < -0.39 is 5.97 Å². The largest absolute Gasteiger partial charge is 0.478 e. The average molecular weight is 450 g/mol. The molecule has 4 nitrogen and oxygen atoms in total. The summed E-state index contributed by atoms with van der Waals surface area (Å²) in [5.74, 6) is -0.783. The molecule has 2 bridgehead atoms. The van der Waals surface area contributed by atoms with Gasteiger partial charge in [0.25, 0.3) is 0 Å². The van der Waals surface area contributed by atoms with Crippen molar-refractivity contribution in [1.82, 2.24) is 0 Å². The Morgan fingerprint density at radius 2 is 1.40 bits per heavy atom. The highest BCUT2D eigenvalue weighted by Crippen LogP contribution is 2.53. The summed E-state index contributed by atoms with van der Waals surface area (Å²) in [6, 6.07) is 11.1. The topological polar surface area (TPSA) is 63.6 Å². The van der Waals surface area contributed by atoms with E-state index in [1.54, 1.807) is 35.1 Å². The first-order valence-corrected chi connectivity index (χ1v) is 9.32. The van der Waals surface area contributed by atoms with Crippen LogP contribution < -0.4 is 0 Å². The molecule has 5 rings (SSSR count). The monoisotopic (exact) mass is 450 g/mol. The fourth-order valence-corrected chi connectivity index (χ4v) is 4.24. The number of carbonyl (C=O) groups is 2. The van der Waals surface area contributed by atoms with Crippen LogP contribution in [0.25, 0.3) is 0 Å². The molecule has 25 heavy (non-hydrogen) atoms. The van der Waals surface area contributed by atoms with E-state index in [9.17, 15) is 14.7 Å². The summed E-state index contributed by atoms with van der Waals surface area (Å²) in [6.45, 7) is 4.00. The summed E-state index contributed by atoms with van der Waals surface area (Å²) in [5.41, 5.74) is 5.60. The van der Waals surface area contributed by atoms with Crippen LogP contribution in [0.1, 0.15) is 81.5 Å². The molecule has 0 aliphatic heterocycles. The zero-order valence-electron chi connectivity index (χ0n) is 14.1. The second-order valence-electron chi connectivity index (χ2n) is 6.04. The van der Waals surface area contributed by atoms with Gasteiger partial charge in [-0.3, -0.25) is 0 Å². The van der Waals surface area contributed by atoms with Crippen LogP contribution in [-0.4, -0.2) is 17.0 Å². The highest BCUT2D eigenvalue weighted by atomic mass is 127. The van der Waals surface area contributed by atoms with Gasteiger partial charge in [-0.15, -0.1) is 0 Å². The summed E-state index contributed by atoms with van der Waals surface area (Å²) in [6.07, 6.45) is 2.05. The number of fused-ring (bicyclic) bond motifs is 1. The van der Waals surface area contributed by atoms with E-state index in [1.807, 2.05) is 38.1 Å². The van der Waals surface area contributed by atoms with Crippen molar-refractivity contribution in [2.75, 3.05) is 0 Å². The predicted octanol–water partition coefficient (Wildman–Crippen LogP) is 5.29. The lowest BCUT2D eigenvalue weighted by Crippen LogP contribution is -2.25. The Balaban J connectivity index is 0.000000880. The molecule has 0 amide bonds. The van der Waals surface area contributed by atoms with Gasteiger partial charge in [0.05, 0.1) is 11.1 Å². The van der Waals surface area contributed by atoms with Crippen molar-refractivity contribution in [1.29, 1.82) is 0 Å². The van der Waals surface area contributed by atoms with Crippen LogP contribution in [0, 0.1) is 0 Å². The summed E-state index contributed by atoms with van der Waals surface area (Å²) in [7, 11) is 0. The molecular formula is C20H19IO4. The van der Waals surface area contributed by atoms with Gasteiger partial charge >= 0.3 is 11.9 Å². The van der Waals surface area contributed by atoms with Crippen LogP contribution in [0.5, 0.6) is 0 Å². The highest BCUT2D eigenvalue weighted by Gasteiger charge is 2.38. The Hall–Kier alpha value is -1.89. The number of aromatic carboxylic acids is 1. The smallest absolute Gasteiger partial charge is 0.347 e. The van der Waals surface area contributed by atoms with Gasteiger partial charge in [0.1, 0.15) is 0 Å². The third-order valence-electron chi connectivity index (χ3n) is 4.97. The Kier molecular flexibility index (Phi) is 5.13. The molecule has 2 atom stereocenters. The van der Waals surface area contributed by atoms with Gasteiger partial charge in [-0.1, -0.05) is 26.0 Å². The first-order chi connectivity index (χ1) is 12.1. The Morgan fingerprint density at radius 3 is 1.88 bits per heavy atom. The van der Waals surface area contributed by atoms with E-state index in [4.69, 9.17) is 3.07 Å². The van der Waals surface area contributed by atoms with Gasteiger partial charge in [-0.05, 0) is 59.4 Å².